The predicted octanol–water partition coefficient (Wildman–Crippen LogP) is 5.10. The zero-order valence-electron chi connectivity index (χ0n) is 14.9. The van der Waals surface area contributed by atoms with Crippen molar-refractivity contribution in [2.75, 3.05) is 11.1 Å². The molecule has 0 bridgehead atoms. The zero-order chi connectivity index (χ0) is 19.6. The Morgan fingerprint density at radius 3 is 2.78 bits per heavy atom. The van der Waals surface area contributed by atoms with Crippen molar-refractivity contribution in [3.05, 3.63) is 39.4 Å². The standard InChI is InChI=1S/C17H17Cl2N5OS2/c1-9(2)15-22-23-17(24(15)3)27-8-14(25)21-16-20-13(7-26-16)11-5-4-10(18)6-12(11)19/h4-7,9H,8H2,1-3H3,(H,20,21,25). The van der Waals surface area contributed by atoms with E-state index in [0.29, 0.717) is 26.0 Å². The molecule has 27 heavy (non-hydrogen) atoms. The largest absolute Gasteiger partial charge is 0.309 e. The van der Waals surface area contributed by atoms with E-state index in [9.17, 15) is 4.79 Å². The molecule has 10 heteroatoms. The summed E-state index contributed by atoms with van der Waals surface area (Å²) in [6.45, 7) is 4.11. The molecule has 2 heterocycles. The number of hydrogen-bond donors (Lipinski definition) is 1. The Labute approximate surface area is 175 Å². The fourth-order valence-electron chi connectivity index (χ4n) is 2.39. The van der Waals surface area contributed by atoms with Crippen molar-refractivity contribution in [3.63, 3.8) is 0 Å². The first kappa shape index (κ1) is 20.1. The Morgan fingerprint density at radius 2 is 2.11 bits per heavy atom. The van der Waals surface area contributed by atoms with Gasteiger partial charge < -0.3 is 9.88 Å². The maximum atomic E-state index is 12.2. The van der Waals surface area contributed by atoms with Crippen molar-refractivity contribution in [3.8, 4) is 11.3 Å². The summed E-state index contributed by atoms with van der Waals surface area (Å²) in [5.74, 6) is 1.24. The van der Waals surface area contributed by atoms with Crippen molar-refractivity contribution in [1.29, 1.82) is 0 Å². The van der Waals surface area contributed by atoms with Gasteiger partial charge >= 0.3 is 0 Å². The predicted molar refractivity (Wildman–Crippen MR) is 112 cm³/mol. The van der Waals surface area contributed by atoms with Crippen LogP contribution in [-0.4, -0.2) is 31.4 Å². The van der Waals surface area contributed by atoms with Crippen molar-refractivity contribution in [2.45, 2.75) is 24.9 Å². The third kappa shape index (κ3) is 4.82. The van der Waals surface area contributed by atoms with Gasteiger partial charge in [-0.2, -0.15) is 0 Å². The number of nitrogens with one attached hydrogen (secondary N) is 1. The fourth-order valence-corrected chi connectivity index (χ4v) is 4.34. The van der Waals surface area contributed by atoms with E-state index in [1.165, 1.54) is 23.1 Å². The monoisotopic (exact) mass is 441 g/mol. The van der Waals surface area contributed by atoms with Gasteiger partial charge in [0.2, 0.25) is 5.91 Å². The number of anilines is 1. The number of halogens is 2. The molecule has 1 N–H and O–H groups in total. The van der Waals surface area contributed by atoms with E-state index in [-0.39, 0.29) is 17.6 Å². The number of amides is 1. The van der Waals surface area contributed by atoms with Gasteiger partial charge in [0.15, 0.2) is 10.3 Å². The van der Waals surface area contributed by atoms with Crippen LogP contribution in [0.5, 0.6) is 0 Å². The van der Waals surface area contributed by atoms with Crippen LogP contribution in [0.3, 0.4) is 0 Å². The molecule has 0 aliphatic rings. The number of hydrogen-bond acceptors (Lipinski definition) is 6. The number of carbonyl (C=O) groups is 1. The van der Waals surface area contributed by atoms with Gasteiger partial charge in [-0.25, -0.2) is 4.98 Å². The van der Waals surface area contributed by atoms with E-state index < -0.39 is 0 Å². The molecule has 1 aromatic carbocycles. The Bertz CT molecular complexity index is 970. The molecular weight excluding hydrogens is 425 g/mol. The number of benzene rings is 1. The van der Waals surface area contributed by atoms with Crippen molar-refractivity contribution in [2.24, 2.45) is 7.05 Å². The first-order valence-electron chi connectivity index (χ1n) is 8.08. The number of carbonyl (C=O) groups excluding carboxylic acids is 1. The van der Waals surface area contributed by atoms with E-state index in [1.807, 2.05) is 23.1 Å². The van der Waals surface area contributed by atoms with Gasteiger partial charge in [0.25, 0.3) is 0 Å². The molecule has 1 amide bonds. The molecule has 0 unspecified atom stereocenters. The summed E-state index contributed by atoms with van der Waals surface area (Å²) in [4.78, 5) is 16.7. The number of nitrogens with zero attached hydrogens (tertiary/aromatic N) is 4. The average molecular weight is 442 g/mol. The molecule has 0 aliphatic heterocycles. The highest BCUT2D eigenvalue weighted by molar-refractivity contribution is 7.99. The van der Waals surface area contributed by atoms with Crippen LogP contribution in [0.25, 0.3) is 11.3 Å². The van der Waals surface area contributed by atoms with E-state index >= 15 is 0 Å². The van der Waals surface area contributed by atoms with Crippen LogP contribution in [0, 0.1) is 0 Å². The quantitative estimate of drug-likeness (QED) is 0.538. The first-order chi connectivity index (χ1) is 12.8. The highest BCUT2D eigenvalue weighted by atomic mass is 35.5. The summed E-state index contributed by atoms with van der Waals surface area (Å²) in [7, 11) is 1.90. The van der Waals surface area contributed by atoms with Crippen LogP contribution in [0.1, 0.15) is 25.6 Å². The third-order valence-corrected chi connectivity index (χ3v) is 6.00. The maximum Gasteiger partial charge on any atom is 0.236 e. The molecule has 0 aliphatic carbocycles. The lowest BCUT2D eigenvalue weighted by Gasteiger charge is -2.05. The first-order valence-corrected chi connectivity index (χ1v) is 10.7. The minimum Gasteiger partial charge on any atom is -0.309 e. The number of thioether (sulfide) groups is 1. The van der Waals surface area contributed by atoms with Gasteiger partial charge in [-0.1, -0.05) is 48.8 Å². The molecule has 0 radical (unpaired) electrons. The Morgan fingerprint density at radius 1 is 1.33 bits per heavy atom. The van der Waals surface area contributed by atoms with Gasteiger partial charge in [-0.15, -0.1) is 21.5 Å². The van der Waals surface area contributed by atoms with Gasteiger partial charge in [0.1, 0.15) is 5.82 Å². The zero-order valence-corrected chi connectivity index (χ0v) is 18.0. The summed E-state index contributed by atoms with van der Waals surface area (Å²) < 4.78 is 1.91. The van der Waals surface area contributed by atoms with E-state index in [2.05, 4.69) is 34.3 Å². The molecule has 3 rings (SSSR count). The van der Waals surface area contributed by atoms with E-state index in [0.717, 1.165) is 11.4 Å². The van der Waals surface area contributed by atoms with Crippen molar-refractivity contribution in [1.82, 2.24) is 19.7 Å². The van der Waals surface area contributed by atoms with Gasteiger partial charge in [0, 0.05) is 28.9 Å². The highest BCUT2D eigenvalue weighted by Gasteiger charge is 2.15. The molecule has 0 saturated heterocycles. The topological polar surface area (TPSA) is 72.7 Å². The number of rotatable bonds is 6. The minimum absolute atomic E-state index is 0.155. The highest BCUT2D eigenvalue weighted by Crippen LogP contribution is 2.32. The molecule has 6 nitrogen and oxygen atoms in total. The Hall–Kier alpha value is -1.61. The lowest BCUT2D eigenvalue weighted by molar-refractivity contribution is -0.113. The maximum absolute atomic E-state index is 12.2. The lowest BCUT2D eigenvalue weighted by Crippen LogP contribution is -2.14. The van der Waals surface area contributed by atoms with Crippen LogP contribution in [-0.2, 0) is 11.8 Å². The van der Waals surface area contributed by atoms with Crippen molar-refractivity contribution < 1.29 is 4.79 Å². The third-order valence-electron chi connectivity index (χ3n) is 3.67. The summed E-state index contributed by atoms with van der Waals surface area (Å²) in [6.07, 6.45) is 0. The van der Waals surface area contributed by atoms with Crippen LogP contribution in [0.4, 0.5) is 5.13 Å². The fraction of sp³-hybridized carbons (Fsp3) is 0.294. The number of thiazole rings is 1. The van der Waals surface area contributed by atoms with Crippen molar-refractivity contribution >= 4 is 57.3 Å². The smallest absolute Gasteiger partial charge is 0.236 e. The molecule has 2 aromatic heterocycles. The van der Waals surface area contributed by atoms with Crippen LogP contribution < -0.4 is 5.32 Å². The molecule has 0 atom stereocenters. The summed E-state index contributed by atoms with van der Waals surface area (Å²) >= 11 is 14.8. The second kappa shape index (κ2) is 8.60. The second-order valence-corrected chi connectivity index (χ2v) is 8.70. The molecule has 3 aromatic rings. The molecular formula is C17H17Cl2N5OS2. The van der Waals surface area contributed by atoms with Gasteiger partial charge in [0.05, 0.1) is 16.5 Å². The van der Waals surface area contributed by atoms with Crippen LogP contribution in [0.15, 0.2) is 28.7 Å². The minimum atomic E-state index is -0.155. The lowest BCUT2D eigenvalue weighted by atomic mass is 10.2. The molecule has 142 valence electrons. The van der Waals surface area contributed by atoms with Crippen LogP contribution >= 0.6 is 46.3 Å². The van der Waals surface area contributed by atoms with Gasteiger partial charge in [-0.05, 0) is 18.2 Å². The average Bonchev–Trinajstić information content (AvgIpc) is 3.20. The molecule has 0 spiro atoms. The number of aromatic nitrogens is 4. The SMILES string of the molecule is CC(C)c1nnc(SCC(=O)Nc2nc(-c3ccc(Cl)cc3Cl)cs2)n1C. The van der Waals surface area contributed by atoms with E-state index in [1.54, 1.807) is 12.1 Å². The summed E-state index contributed by atoms with van der Waals surface area (Å²) in [5.41, 5.74) is 1.46. The molecule has 0 saturated carbocycles. The summed E-state index contributed by atoms with van der Waals surface area (Å²) in [6, 6.07) is 5.23. The molecule has 0 fully saturated rings. The Kier molecular flexibility index (Phi) is 6.41. The van der Waals surface area contributed by atoms with E-state index in [4.69, 9.17) is 23.2 Å². The Balaban J connectivity index is 1.61. The second-order valence-electron chi connectivity index (χ2n) is 6.05. The van der Waals surface area contributed by atoms with Gasteiger partial charge in [-0.3, -0.25) is 4.79 Å². The summed E-state index contributed by atoms with van der Waals surface area (Å²) in [5, 5.41) is 15.2. The normalized spacial score (nSPS) is 11.2. The van der Waals surface area contributed by atoms with Crippen LogP contribution in [0.2, 0.25) is 10.0 Å².